The number of aliphatic hydroxyl groups excluding tert-OH is 1. The van der Waals surface area contributed by atoms with Gasteiger partial charge in [-0.05, 0) is 64.9 Å². The van der Waals surface area contributed by atoms with Crippen LogP contribution in [0.3, 0.4) is 0 Å². The van der Waals surface area contributed by atoms with E-state index < -0.39 is 6.10 Å². The summed E-state index contributed by atoms with van der Waals surface area (Å²) in [7, 11) is 4.78. The molecular formula is C23H25NO5. The molecule has 2 heterocycles. The van der Waals surface area contributed by atoms with Crippen LogP contribution in [-0.4, -0.2) is 49.0 Å². The molecule has 0 spiro atoms. The third kappa shape index (κ3) is 2.49. The number of aromatic hydroxyl groups is 1. The first-order valence-corrected chi connectivity index (χ1v) is 9.91. The SMILES string of the molecule is COc1cc2c3c(c4ccc(O)c(OC)c4c2cc1OC)[C@H](O)[C@H]1CCCN1C3. The summed E-state index contributed by atoms with van der Waals surface area (Å²) < 4.78 is 16.7. The number of fused-ring (bicyclic) bond motifs is 7. The van der Waals surface area contributed by atoms with Gasteiger partial charge in [-0.15, -0.1) is 0 Å². The summed E-state index contributed by atoms with van der Waals surface area (Å²) in [6, 6.07) is 7.56. The predicted octanol–water partition coefficient (Wildman–Crippen LogP) is 3.74. The largest absolute Gasteiger partial charge is 0.504 e. The van der Waals surface area contributed by atoms with Crippen LogP contribution in [0.5, 0.6) is 23.0 Å². The quantitative estimate of drug-likeness (QED) is 0.659. The lowest BCUT2D eigenvalue weighted by molar-refractivity contribution is 0.0552. The Kier molecular flexibility index (Phi) is 4.22. The van der Waals surface area contributed by atoms with E-state index in [-0.39, 0.29) is 11.8 Å². The number of hydrogen-bond acceptors (Lipinski definition) is 6. The van der Waals surface area contributed by atoms with Crippen molar-refractivity contribution in [3.8, 4) is 23.0 Å². The van der Waals surface area contributed by atoms with E-state index in [0.717, 1.165) is 58.6 Å². The van der Waals surface area contributed by atoms with E-state index in [1.165, 1.54) is 0 Å². The normalized spacial score (nSPS) is 21.2. The molecule has 2 N–H and O–H groups in total. The van der Waals surface area contributed by atoms with Crippen LogP contribution in [0.15, 0.2) is 24.3 Å². The predicted molar refractivity (Wildman–Crippen MR) is 111 cm³/mol. The van der Waals surface area contributed by atoms with E-state index in [4.69, 9.17) is 14.2 Å². The van der Waals surface area contributed by atoms with Crippen molar-refractivity contribution in [2.24, 2.45) is 0 Å². The van der Waals surface area contributed by atoms with Gasteiger partial charge in [-0.25, -0.2) is 0 Å². The molecule has 0 unspecified atom stereocenters. The molecule has 1 fully saturated rings. The number of phenols is 1. The summed E-state index contributed by atoms with van der Waals surface area (Å²) in [6.07, 6.45) is 1.49. The molecule has 0 amide bonds. The Labute approximate surface area is 169 Å². The van der Waals surface area contributed by atoms with Crippen molar-refractivity contribution in [3.05, 3.63) is 35.4 Å². The van der Waals surface area contributed by atoms with Gasteiger partial charge in [0.15, 0.2) is 23.0 Å². The zero-order valence-electron chi connectivity index (χ0n) is 16.9. The fraction of sp³-hybridized carbons (Fsp3) is 0.391. The Hall–Kier alpha value is -2.70. The molecule has 1 saturated heterocycles. The smallest absolute Gasteiger partial charge is 0.168 e. The lowest BCUT2D eigenvalue weighted by Crippen LogP contribution is -2.39. The number of hydrogen-bond donors (Lipinski definition) is 2. The van der Waals surface area contributed by atoms with Gasteiger partial charge in [-0.3, -0.25) is 4.90 Å². The van der Waals surface area contributed by atoms with Gasteiger partial charge >= 0.3 is 0 Å². The fourth-order valence-corrected chi connectivity index (χ4v) is 5.22. The van der Waals surface area contributed by atoms with Gasteiger partial charge in [0.25, 0.3) is 0 Å². The average molecular weight is 395 g/mol. The standard InChI is InChI=1S/C23H25NO5/c1-27-18-9-13-14(10-19(18)28-2)21-12(6-7-17(25)23(21)29-3)20-15(13)11-24-8-4-5-16(24)22(20)26/h6-7,9-10,16,22,25-26H,4-5,8,11H2,1-3H3/t16-,22-/m1/s1. The van der Waals surface area contributed by atoms with Crippen LogP contribution >= 0.6 is 0 Å². The molecule has 0 radical (unpaired) electrons. The highest BCUT2D eigenvalue weighted by atomic mass is 16.5. The molecule has 0 aliphatic carbocycles. The van der Waals surface area contributed by atoms with Gasteiger partial charge in [0.1, 0.15) is 0 Å². The summed E-state index contributed by atoms with van der Waals surface area (Å²) in [4.78, 5) is 2.37. The zero-order chi connectivity index (χ0) is 20.3. The van der Waals surface area contributed by atoms with Crippen molar-refractivity contribution in [2.45, 2.75) is 31.5 Å². The highest BCUT2D eigenvalue weighted by Crippen LogP contribution is 2.50. The number of rotatable bonds is 3. The molecule has 152 valence electrons. The van der Waals surface area contributed by atoms with Crippen LogP contribution in [0, 0.1) is 0 Å². The summed E-state index contributed by atoms with van der Waals surface area (Å²) in [5, 5.41) is 25.4. The topological polar surface area (TPSA) is 71.4 Å². The van der Waals surface area contributed by atoms with E-state index in [1.54, 1.807) is 27.4 Å². The minimum atomic E-state index is -0.588. The van der Waals surface area contributed by atoms with Crippen LogP contribution in [0.4, 0.5) is 0 Å². The van der Waals surface area contributed by atoms with Gasteiger partial charge in [0.2, 0.25) is 0 Å². The maximum absolute atomic E-state index is 11.3. The van der Waals surface area contributed by atoms with Crippen LogP contribution in [0.25, 0.3) is 21.5 Å². The minimum absolute atomic E-state index is 0.0730. The van der Waals surface area contributed by atoms with Gasteiger partial charge in [-0.2, -0.15) is 0 Å². The van der Waals surface area contributed by atoms with Gasteiger partial charge in [-0.1, -0.05) is 6.07 Å². The van der Waals surface area contributed by atoms with Crippen LogP contribution < -0.4 is 14.2 Å². The van der Waals surface area contributed by atoms with Crippen molar-refractivity contribution in [1.82, 2.24) is 4.90 Å². The van der Waals surface area contributed by atoms with Crippen molar-refractivity contribution >= 4 is 21.5 Å². The Morgan fingerprint density at radius 3 is 2.38 bits per heavy atom. The minimum Gasteiger partial charge on any atom is -0.504 e. The maximum atomic E-state index is 11.3. The average Bonchev–Trinajstić information content (AvgIpc) is 3.21. The molecule has 2 aliphatic rings. The number of phenolic OH excluding ortho intramolecular Hbond substituents is 1. The van der Waals surface area contributed by atoms with Crippen molar-refractivity contribution in [2.75, 3.05) is 27.9 Å². The molecule has 3 aromatic carbocycles. The number of ether oxygens (including phenoxy) is 3. The third-order valence-corrected chi connectivity index (χ3v) is 6.51. The molecule has 5 rings (SSSR count). The molecule has 2 aliphatic heterocycles. The maximum Gasteiger partial charge on any atom is 0.168 e. The fourth-order valence-electron chi connectivity index (χ4n) is 5.22. The summed E-state index contributed by atoms with van der Waals surface area (Å²) >= 11 is 0. The second-order valence-corrected chi connectivity index (χ2v) is 7.81. The van der Waals surface area contributed by atoms with Gasteiger partial charge in [0.05, 0.1) is 27.4 Å². The summed E-state index contributed by atoms with van der Waals surface area (Å²) in [6.45, 7) is 1.77. The van der Waals surface area contributed by atoms with Crippen LogP contribution in [-0.2, 0) is 6.54 Å². The lowest BCUT2D eigenvalue weighted by Gasteiger charge is -2.37. The van der Waals surface area contributed by atoms with Gasteiger partial charge < -0.3 is 24.4 Å². The molecule has 0 bridgehead atoms. The van der Waals surface area contributed by atoms with Gasteiger partial charge in [0, 0.05) is 18.0 Å². The Balaban J connectivity index is 1.97. The van der Waals surface area contributed by atoms with E-state index in [2.05, 4.69) is 4.90 Å². The van der Waals surface area contributed by atoms with Crippen molar-refractivity contribution in [3.63, 3.8) is 0 Å². The van der Waals surface area contributed by atoms with Crippen molar-refractivity contribution < 1.29 is 24.4 Å². The first-order chi connectivity index (χ1) is 14.1. The number of nitrogens with zero attached hydrogens (tertiary/aromatic N) is 1. The number of aliphatic hydroxyl groups is 1. The molecule has 2 atom stereocenters. The molecule has 6 nitrogen and oxygen atoms in total. The molecule has 6 heteroatoms. The highest BCUT2D eigenvalue weighted by molar-refractivity contribution is 6.15. The Morgan fingerprint density at radius 1 is 0.966 bits per heavy atom. The highest BCUT2D eigenvalue weighted by Gasteiger charge is 2.39. The van der Waals surface area contributed by atoms with E-state index in [9.17, 15) is 10.2 Å². The molecule has 0 saturated carbocycles. The van der Waals surface area contributed by atoms with E-state index >= 15 is 0 Å². The molecule has 29 heavy (non-hydrogen) atoms. The second kappa shape index (κ2) is 6.68. The Bertz CT molecular complexity index is 1130. The van der Waals surface area contributed by atoms with Crippen molar-refractivity contribution in [1.29, 1.82) is 0 Å². The zero-order valence-corrected chi connectivity index (χ0v) is 16.9. The Morgan fingerprint density at radius 2 is 1.69 bits per heavy atom. The van der Waals surface area contributed by atoms with Crippen LogP contribution in [0.2, 0.25) is 0 Å². The third-order valence-electron chi connectivity index (χ3n) is 6.51. The summed E-state index contributed by atoms with van der Waals surface area (Å²) in [5.74, 6) is 1.73. The molecular weight excluding hydrogens is 370 g/mol. The van der Waals surface area contributed by atoms with Crippen LogP contribution in [0.1, 0.15) is 30.1 Å². The number of methoxy groups -OCH3 is 3. The molecule has 3 aromatic rings. The first kappa shape index (κ1) is 18.3. The first-order valence-electron chi connectivity index (χ1n) is 9.91. The lowest BCUT2D eigenvalue weighted by atomic mass is 9.83. The van der Waals surface area contributed by atoms with E-state index in [0.29, 0.717) is 17.2 Å². The summed E-state index contributed by atoms with van der Waals surface area (Å²) in [5.41, 5.74) is 2.04. The monoisotopic (exact) mass is 395 g/mol. The number of benzene rings is 3. The second-order valence-electron chi connectivity index (χ2n) is 7.81. The molecule has 0 aromatic heterocycles. The van der Waals surface area contributed by atoms with E-state index in [1.807, 2.05) is 18.2 Å².